The summed E-state index contributed by atoms with van der Waals surface area (Å²) in [5, 5.41) is 0. The second kappa shape index (κ2) is 35.4. The van der Waals surface area contributed by atoms with Gasteiger partial charge in [0.25, 0.3) is 0 Å². The smallest absolute Gasteiger partial charge is 0.497 e. The van der Waals surface area contributed by atoms with Gasteiger partial charge in [0.05, 0.1) is 27.9 Å². The molecule has 0 atom stereocenters. The minimum absolute atomic E-state index is 0.0826. The van der Waals surface area contributed by atoms with Crippen molar-refractivity contribution in [2.24, 2.45) is 0 Å². The Balaban J connectivity index is 0.000000409. The van der Waals surface area contributed by atoms with Crippen molar-refractivity contribution in [3.63, 3.8) is 0 Å². The van der Waals surface area contributed by atoms with Crippen LogP contribution in [0.5, 0.6) is 40.2 Å². The van der Waals surface area contributed by atoms with Crippen LogP contribution >= 0.6 is 0 Å². The highest BCUT2D eigenvalue weighted by molar-refractivity contribution is 6.57. The summed E-state index contributed by atoms with van der Waals surface area (Å²) in [4.78, 5) is 64.2. The number of benzene rings is 5. The second-order valence-corrected chi connectivity index (χ2v) is 28.7. The molecule has 81 heavy (non-hydrogen) atoms. The zero-order chi connectivity index (χ0) is 71.5. The third kappa shape index (κ3) is 37.1. The molecule has 1 aliphatic rings. The molecular formula is C54H86O22Si5. The van der Waals surface area contributed by atoms with Crippen LogP contribution < -0.4 is 33.2 Å². The largest absolute Gasteiger partial charge is 0.497 e. The molecule has 0 saturated heterocycles. The molecular weight excluding hydrogens is 1140 g/mol. The van der Waals surface area contributed by atoms with Crippen LogP contribution in [0.25, 0.3) is 0 Å². The summed E-state index contributed by atoms with van der Waals surface area (Å²) in [5.41, 5.74) is 4.68. The number of rotatable bonds is 39. The molecule has 0 aromatic heterocycles. The zero-order valence-corrected chi connectivity index (χ0v) is 51.7. The quantitative estimate of drug-likeness (QED) is 0.0251. The topological polar surface area (TPSA) is 368 Å². The van der Waals surface area contributed by atoms with Crippen molar-refractivity contribution < 1.29 is 105 Å². The van der Waals surface area contributed by atoms with E-state index in [9.17, 15) is 0 Å². The van der Waals surface area contributed by atoms with E-state index in [0.717, 1.165) is 63.7 Å². The molecule has 1 aliphatic heterocycles. The normalized spacial score (nSPS) is 14.8. The molecule has 5 aromatic carbocycles. The number of fused-ring (bicyclic) bond motifs is 1. The Morgan fingerprint density at radius 3 is 1.19 bits per heavy atom. The molecule has 0 bridgehead atoms. The summed E-state index contributed by atoms with van der Waals surface area (Å²) in [5.74, 6) is 5.18. The molecule has 15 N–H and O–H groups in total. The predicted molar refractivity (Wildman–Crippen MR) is 313 cm³/mol. The van der Waals surface area contributed by atoms with Gasteiger partial charge in [0.1, 0.15) is 47.6 Å². The van der Waals surface area contributed by atoms with Gasteiger partial charge < -0.3 is 105 Å². The number of aryl methyl sites for hydroxylation is 4. The van der Waals surface area contributed by atoms with Gasteiger partial charge in [0.15, 0.2) is 33.0 Å². The van der Waals surface area contributed by atoms with E-state index in [2.05, 4.69) is 72.0 Å². The standard InChI is InChI=1S/C11H16O5Si.C11H18O5Si.2C11H18O4Si.C10H16O4Si/c12-17(13,14)7-1-2-9-3-4-10-11(8-9)16-6-5-15-10;1-15-10-6-9(7-11(8-10)16-2)4-3-5-17(12,13)14;1-11(2,3)15-10-6-4-9(5-7-10)8-16(12,13)14;1-2-15-11-7-5-10(6-8-11)4-3-9-16(12,13)14;1-14-10-6-4-9(5-7-10)3-2-8-15(11,12)13/h3-4,8,12-14H,1-2,5-7H2;6-8,12-14H,3-5H2,1-2H3;4-7,12-14H,8H2,1-3H3;5-8,12-14H,2-4,9H2,1H3;4-7,11-13H,2-3,8H2,1H3/i4*12T,13T,14T;11T,12T,13T. The van der Waals surface area contributed by atoms with Crippen LogP contribution in [0.4, 0.5) is 0 Å². The lowest BCUT2D eigenvalue weighted by atomic mass is 10.1. The Labute approximate surface area is 502 Å². The first-order valence-corrected chi connectivity index (χ1v) is 35.6. The van der Waals surface area contributed by atoms with E-state index < -0.39 is 44.0 Å². The molecule has 0 saturated carbocycles. The Hall–Kier alpha value is -4.82. The number of methoxy groups -OCH3 is 3. The van der Waals surface area contributed by atoms with Crippen molar-refractivity contribution in [2.75, 3.05) is 41.2 Å². The maximum absolute atomic E-state index is 6.86. The molecule has 0 unspecified atom stereocenters. The second-order valence-electron chi connectivity index (χ2n) is 19.5. The lowest BCUT2D eigenvalue weighted by Gasteiger charge is -2.21. The highest BCUT2D eigenvalue weighted by atomic mass is 28.4. The lowest BCUT2D eigenvalue weighted by molar-refractivity contribution is 0.131. The third-order valence-corrected chi connectivity index (χ3v) is 15.7. The van der Waals surface area contributed by atoms with Crippen molar-refractivity contribution >= 4 is 44.0 Å². The van der Waals surface area contributed by atoms with Crippen LogP contribution in [-0.2, 0) is 31.7 Å². The molecule has 27 heteroatoms. The lowest BCUT2D eigenvalue weighted by Crippen LogP contribution is -2.37. The van der Waals surface area contributed by atoms with Crippen molar-refractivity contribution in [3.05, 3.63) is 137 Å². The van der Waals surface area contributed by atoms with E-state index >= 15 is 0 Å². The Kier molecular flexibility index (Phi) is 22.1. The van der Waals surface area contributed by atoms with Gasteiger partial charge in [-0.15, -0.1) is 0 Å². The summed E-state index contributed by atoms with van der Waals surface area (Å²) in [7, 11) is -12.6. The van der Waals surface area contributed by atoms with Gasteiger partial charge in [-0.05, 0) is 168 Å². The van der Waals surface area contributed by atoms with Crippen molar-refractivity contribution in [3.8, 4) is 40.2 Å². The highest BCUT2D eigenvalue weighted by Crippen LogP contribution is 2.31. The first-order valence-electron chi connectivity index (χ1n) is 32.1. The zero-order valence-electron chi connectivity index (χ0n) is 61.7. The molecule has 0 radical (unpaired) electrons. The van der Waals surface area contributed by atoms with Gasteiger partial charge in [-0.1, -0.05) is 42.5 Å². The fourth-order valence-electron chi connectivity index (χ4n) is 7.28. The van der Waals surface area contributed by atoms with Crippen LogP contribution in [0, 0.1) is 0 Å². The molecule has 0 amide bonds. The van der Waals surface area contributed by atoms with Crippen molar-refractivity contribution in [1.82, 2.24) is 0 Å². The van der Waals surface area contributed by atoms with Gasteiger partial charge in [0.2, 0.25) is 0 Å². The van der Waals surface area contributed by atoms with Crippen LogP contribution in [-0.4, -0.2) is 184 Å². The monoisotopic (exact) mass is 1260 g/mol. The van der Waals surface area contributed by atoms with Gasteiger partial charge in [-0.2, -0.15) is 0 Å². The van der Waals surface area contributed by atoms with Crippen LogP contribution in [0.1, 0.15) is 81.2 Å². The Morgan fingerprint density at radius 2 is 0.778 bits per heavy atom. The first kappa shape index (κ1) is 50.7. The van der Waals surface area contributed by atoms with E-state index in [0.29, 0.717) is 75.6 Å². The minimum atomic E-state index is -3.56. The predicted octanol–water partition coefficient (Wildman–Crippen LogP) is 3.20. The average molecular weight is 1260 g/mol. The highest BCUT2D eigenvalue weighted by Gasteiger charge is 2.29. The van der Waals surface area contributed by atoms with Gasteiger partial charge in [0, 0.05) is 36.3 Å². The number of ether oxygens (including phenoxy) is 7. The fourth-order valence-corrected chi connectivity index (χ4v) is 10.5. The number of hydrogen-bond donors (Lipinski definition) is 15. The molecule has 5 aromatic rings. The summed E-state index contributed by atoms with van der Waals surface area (Å²) < 4.78 is 140. The first-order chi connectivity index (χ1) is 46.1. The summed E-state index contributed by atoms with van der Waals surface area (Å²) in [6.45, 7) is 9.52. The van der Waals surface area contributed by atoms with Crippen molar-refractivity contribution in [2.45, 2.75) is 115 Å². The molecule has 0 spiro atoms. The minimum Gasteiger partial charge on any atom is -0.497 e. The van der Waals surface area contributed by atoms with E-state index in [4.69, 9.17) is 54.6 Å². The molecule has 454 valence electrons. The van der Waals surface area contributed by atoms with E-state index in [1.54, 1.807) is 51.7 Å². The maximum Gasteiger partial charge on any atom is 0.497 e. The molecule has 0 fully saturated rings. The van der Waals surface area contributed by atoms with Gasteiger partial charge in [-0.3, -0.25) is 0 Å². The van der Waals surface area contributed by atoms with E-state index in [-0.39, 0.29) is 35.8 Å². The Bertz CT molecular complexity index is 2770. The summed E-state index contributed by atoms with van der Waals surface area (Å²) in [6.07, 6.45) is 5.17. The third-order valence-electron chi connectivity index (χ3n) is 11.0. The molecule has 6 rings (SSSR count). The Morgan fingerprint density at radius 1 is 0.407 bits per heavy atom. The summed E-state index contributed by atoms with van der Waals surface area (Å²) in [6, 6.07) is 34.6. The molecule has 0 aliphatic carbocycles. The summed E-state index contributed by atoms with van der Waals surface area (Å²) >= 11 is 0. The van der Waals surface area contributed by atoms with Gasteiger partial charge >= 0.3 is 44.0 Å². The van der Waals surface area contributed by atoms with E-state index in [1.807, 2.05) is 107 Å². The van der Waals surface area contributed by atoms with Crippen molar-refractivity contribution in [1.29, 1.82) is 21.5 Å². The van der Waals surface area contributed by atoms with Gasteiger partial charge in [-0.25, -0.2) is 0 Å². The van der Waals surface area contributed by atoms with Crippen LogP contribution in [0.3, 0.4) is 0 Å². The molecule has 1 heterocycles. The SMILES string of the molecule is [3H]O[Si](CCCc1cc(OC)cc(OC)c1)(O[3H])O[3H].[3H]O[Si](CCCc1ccc(OC)cc1)(O[3H])O[3H].[3H]O[Si](CCCc1ccc(OCC)cc1)(O[3H])O[3H].[3H]O[Si](CCCc1ccc2c(c1)OCCO2)(O[3H])O[3H].[3H]O[Si](Cc1ccc(OC(C)(C)C)cc1)(O[3H])O[3H]. The maximum atomic E-state index is 6.86. The van der Waals surface area contributed by atoms with Crippen LogP contribution in [0.2, 0.25) is 24.2 Å². The van der Waals surface area contributed by atoms with Crippen LogP contribution in [0.15, 0.2) is 109 Å². The number of hydrogen-bond acceptors (Lipinski definition) is 22. The fraction of sp³-hybridized carbons (Fsp3) is 0.444. The average Bonchev–Trinajstić information content (AvgIpc) is 0.919. The van der Waals surface area contributed by atoms with E-state index in [1.165, 1.54) is 0 Å². The molecule has 22 nitrogen and oxygen atoms in total.